The summed E-state index contributed by atoms with van der Waals surface area (Å²) in [5.74, 6) is -3.07. The van der Waals surface area contributed by atoms with Crippen molar-refractivity contribution in [2.45, 2.75) is 6.54 Å². The van der Waals surface area contributed by atoms with Gasteiger partial charge < -0.3 is 10.3 Å². The fourth-order valence-corrected chi connectivity index (χ4v) is 3.05. The molecule has 0 bridgehead atoms. The number of anilines is 1. The Morgan fingerprint density at radius 3 is 2.68 bits per heavy atom. The summed E-state index contributed by atoms with van der Waals surface area (Å²) in [7, 11) is 0. The van der Waals surface area contributed by atoms with Gasteiger partial charge in [0.15, 0.2) is 17.5 Å². The molecular weight excluding hydrogens is 433 g/mol. The molecule has 0 saturated heterocycles. The van der Waals surface area contributed by atoms with Crippen LogP contribution in [0.15, 0.2) is 53.7 Å². The zero-order chi connectivity index (χ0) is 22.0. The Morgan fingerprint density at radius 2 is 1.97 bits per heavy atom. The maximum absolute atomic E-state index is 14.4. The first-order valence-electron chi connectivity index (χ1n) is 8.92. The molecule has 2 aromatic heterocycles. The molecule has 2 heterocycles. The maximum atomic E-state index is 14.4. The number of aliphatic imine (C=N–C) groups is 1. The first-order valence-corrected chi connectivity index (χ1v) is 9.29. The van der Waals surface area contributed by atoms with Gasteiger partial charge in [0.1, 0.15) is 11.3 Å². The Hall–Kier alpha value is -3.63. The molecule has 11 heteroatoms. The number of rotatable bonds is 5. The number of halogens is 4. The molecule has 0 aliphatic rings. The maximum Gasteiger partial charge on any atom is 0.201 e. The standard InChI is InChI=1S/C20H14ClF3N6O/c21-13-7-10(4-5-14(13)22)27-19(30-31)12-8-15(23)16(24)18-17(12)28-20(29-18)26-9-11-3-1-2-6-25-11/h1-8,31H,9H2,(H,27,30)(H2,26,28,29). The number of fused-ring (bicyclic) bond motifs is 1. The third-order valence-corrected chi connectivity index (χ3v) is 4.62. The smallest absolute Gasteiger partial charge is 0.201 e. The van der Waals surface area contributed by atoms with Crippen LogP contribution in [-0.4, -0.2) is 26.0 Å². The highest BCUT2D eigenvalue weighted by atomic mass is 35.5. The first kappa shape index (κ1) is 20.6. The fraction of sp³-hybridized carbons (Fsp3) is 0.0500. The summed E-state index contributed by atoms with van der Waals surface area (Å²) in [4.78, 5) is 15.2. The van der Waals surface area contributed by atoms with E-state index in [4.69, 9.17) is 11.6 Å². The summed E-state index contributed by atoms with van der Waals surface area (Å²) in [6.45, 7) is 0.285. The summed E-state index contributed by atoms with van der Waals surface area (Å²) in [5, 5.41) is 12.3. The third-order valence-electron chi connectivity index (χ3n) is 4.33. The van der Waals surface area contributed by atoms with Gasteiger partial charge >= 0.3 is 0 Å². The Kier molecular flexibility index (Phi) is 5.74. The number of hydroxylamine groups is 1. The van der Waals surface area contributed by atoms with Gasteiger partial charge in [-0.1, -0.05) is 17.7 Å². The van der Waals surface area contributed by atoms with E-state index >= 15 is 0 Å². The average molecular weight is 447 g/mol. The second-order valence-electron chi connectivity index (χ2n) is 6.37. The van der Waals surface area contributed by atoms with Gasteiger partial charge in [0.25, 0.3) is 0 Å². The van der Waals surface area contributed by atoms with Gasteiger partial charge in [-0.3, -0.25) is 15.7 Å². The van der Waals surface area contributed by atoms with Crippen LogP contribution >= 0.6 is 11.6 Å². The Balaban J connectivity index is 1.75. The third kappa shape index (κ3) is 4.30. The van der Waals surface area contributed by atoms with Gasteiger partial charge in [-0.25, -0.2) is 23.1 Å². The predicted octanol–water partition coefficient (Wildman–Crippen LogP) is 4.70. The first-order chi connectivity index (χ1) is 15.0. The summed E-state index contributed by atoms with van der Waals surface area (Å²) in [6, 6.07) is 9.84. The number of aromatic nitrogens is 3. The van der Waals surface area contributed by atoms with Gasteiger partial charge in [0.05, 0.1) is 28.5 Å². The van der Waals surface area contributed by atoms with Gasteiger partial charge in [-0.05, 0) is 36.4 Å². The van der Waals surface area contributed by atoms with Crippen LogP contribution < -0.4 is 10.8 Å². The number of pyridine rings is 1. The van der Waals surface area contributed by atoms with Gasteiger partial charge in [-0.2, -0.15) is 0 Å². The van der Waals surface area contributed by atoms with Crippen molar-refractivity contribution >= 4 is 40.1 Å². The van der Waals surface area contributed by atoms with Crippen molar-refractivity contribution in [3.8, 4) is 0 Å². The van der Waals surface area contributed by atoms with Crippen LogP contribution in [0, 0.1) is 17.5 Å². The molecule has 0 aliphatic carbocycles. The Morgan fingerprint density at radius 1 is 1.13 bits per heavy atom. The number of amidine groups is 1. The molecule has 0 radical (unpaired) electrons. The molecule has 0 amide bonds. The molecule has 0 atom stereocenters. The van der Waals surface area contributed by atoms with Crippen LogP contribution in [0.3, 0.4) is 0 Å². The van der Waals surface area contributed by atoms with Gasteiger partial charge in [0.2, 0.25) is 5.95 Å². The van der Waals surface area contributed by atoms with Crippen molar-refractivity contribution < 1.29 is 18.4 Å². The molecule has 4 aromatic rings. The van der Waals surface area contributed by atoms with E-state index in [0.29, 0.717) is 5.69 Å². The summed E-state index contributed by atoms with van der Waals surface area (Å²) in [6.07, 6.45) is 1.63. The quantitative estimate of drug-likeness (QED) is 0.202. The van der Waals surface area contributed by atoms with E-state index in [-0.39, 0.29) is 45.6 Å². The van der Waals surface area contributed by atoms with Crippen molar-refractivity contribution in [3.63, 3.8) is 0 Å². The molecule has 31 heavy (non-hydrogen) atoms. The molecule has 0 saturated carbocycles. The van der Waals surface area contributed by atoms with E-state index in [9.17, 15) is 18.4 Å². The highest BCUT2D eigenvalue weighted by Gasteiger charge is 2.20. The summed E-state index contributed by atoms with van der Waals surface area (Å²) < 4.78 is 42.0. The average Bonchev–Trinajstić information content (AvgIpc) is 3.21. The van der Waals surface area contributed by atoms with E-state index in [1.54, 1.807) is 18.3 Å². The number of hydrogen-bond donors (Lipinski definition) is 4. The molecule has 7 nitrogen and oxygen atoms in total. The van der Waals surface area contributed by atoms with E-state index in [2.05, 4.69) is 25.3 Å². The zero-order valence-corrected chi connectivity index (χ0v) is 16.4. The van der Waals surface area contributed by atoms with Crippen molar-refractivity contribution in [2.24, 2.45) is 4.99 Å². The zero-order valence-electron chi connectivity index (χ0n) is 15.6. The van der Waals surface area contributed by atoms with E-state index in [1.807, 2.05) is 11.5 Å². The second-order valence-corrected chi connectivity index (χ2v) is 6.78. The number of hydrogen-bond acceptors (Lipinski definition) is 5. The van der Waals surface area contributed by atoms with Crippen molar-refractivity contribution in [2.75, 3.05) is 5.32 Å². The second kappa shape index (κ2) is 8.62. The van der Waals surface area contributed by atoms with Crippen LogP contribution in [0.2, 0.25) is 5.02 Å². The van der Waals surface area contributed by atoms with E-state index in [0.717, 1.165) is 12.1 Å². The number of nitrogens with one attached hydrogen (secondary N) is 3. The number of imidazole rings is 1. The van der Waals surface area contributed by atoms with Crippen LogP contribution in [0.25, 0.3) is 11.0 Å². The molecule has 0 fully saturated rings. The lowest BCUT2D eigenvalue weighted by molar-refractivity contribution is 0.235. The number of benzene rings is 2. The number of H-pyrrole nitrogens is 1. The molecule has 0 spiro atoms. The number of nitrogens with zero attached hydrogens (tertiary/aromatic N) is 3. The predicted molar refractivity (Wildman–Crippen MR) is 110 cm³/mol. The van der Waals surface area contributed by atoms with Gasteiger partial charge in [-0.15, -0.1) is 0 Å². The molecule has 4 N–H and O–H groups in total. The normalized spacial score (nSPS) is 11.7. The lowest BCUT2D eigenvalue weighted by atomic mass is 10.1. The Bertz CT molecular complexity index is 1280. The topological polar surface area (TPSA) is 98.2 Å². The van der Waals surface area contributed by atoms with Crippen LogP contribution in [0.5, 0.6) is 0 Å². The van der Waals surface area contributed by atoms with Crippen molar-refractivity contribution in [1.82, 2.24) is 20.4 Å². The minimum absolute atomic E-state index is 0.00441. The number of aromatic amines is 1. The van der Waals surface area contributed by atoms with Crippen LogP contribution in [0.4, 0.5) is 24.8 Å². The minimum atomic E-state index is -1.19. The largest absolute Gasteiger partial charge is 0.350 e. The van der Waals surface area contributed by atoms with Crippen LogP contribution in [-0.2, 0) is 6.54 Å². The molecule has 4 rings (SSSR count). The molecule has 0 aliphatic heterocycles. The summed E-state index contributed by atoms with van der Waals surface area (Å²) >= 11 is 5.75. The molecular formula is C20H14ClF3N6O. The van der Waals surface area contributed by atoms with Crippen LogP contribution in [0.1, 0.15) is 11.3 Å². The summed E-state index contributed by atoms with van der Waals surface area (Å²) in [5.41, 5.74) is 2.52. The SMILES string of the molecule is ONC(=Nc1ccc(F)c(Cl)c1)c1cc(F)c(F)c2nc(NCc3ccccn3)[nH]c12. The molecule has 158 valence electrons. The lowest BCUT2D eigenvalue weighted by Gasteiger charge is -2.08. The molecule has 0 unspecified atom stereocenters. The highest BCUT2D eigenvalue weighted by Crippen LogP contribution is 2.27. The fourth-order valence-electron chi connectivity index (χ4n) is 2.88. The van der Waals surface area contributed by atoms with E-state index < -0.39 is 17.5 Å². The highest BCUT2D eigenvalue weighted by molar-refractivity contribution is 6.31. The lowest BCUT2D eigenvalue weighted by Crippen LogP contribution is -2.21. The molecule has 2 aromatic carbocycles. The van der Waals surface area contributed by atoms with Crippen molar-refractivity contribution in [1.29, 1.82) is 0 Å². The van der Waals surface area contributed by atoms with E-state index in [1.165, 1.54) is 12.1 Å². The van der Waals surface area contributed by atoms with Crippen molar-refractivity contribution in [3.05, 3.63) is 82.4 Å². The minimum Gasteiger partial charge on any atom is -0.350 e. The van der Waals surface area contributed by atoms with Gasteiger partial charge in [0, 0.05) is 11.8 Å². The monoisotopic (exact) mass is 446 g/mol. The Labute approximate surface area is 178 Å².